The van der Waals surface area contributed by atoms with E-state index < -0.39 is 0 Å². The molecule has 1 aliphatic heterocycles. The lowest BCUT2D eigenvalue weighted by atomic mass is 10.2. The molecule has 1 amide bonds. The first-order valence-corrected chi connectivity index (χ1v) is 8.46. The van der Waals surface area contributed by atoms with E-state index in [9.17, 15) is 4.79 Å². The van der Waals surface area contributed by atoms with E-state index in [0.29, 0.717) is 18.8 Å². The lowest BCUT2D eigenvalue weighted by molar-refractivity contribution is 0.0506. The number of ether oxygens (including phenoxy) is 1. The first-order chi connectivity index (χ1) is 9.83. The summed E-state index contributed by atoms with van der Waals surface area (Å²) in [6.07, 6.45) is 2.28. The van der Waals surface area contributed by atoms with E-state index in [4.69, 9.17) is 4.74 Å². The third kappa shape index (κ3) is 3.26. The molecule has 1 saturated heterocycles. The Morgan fingerprint density at radius 3 is 3.15 bits per heavy atom. The Kier molecular flexibility index (Phi) is 4.44. The van der Waals surface area contributed by atoms with Crippen molar-refractivity contribution in [3.05, 3.63) is 39.0 Å². The topological polar surface area (TPSA) is 42.4 Å². The van der Waals surface area contributed by atoms with Crippen LogP contribution in [-0.4, -0.2) is 35.0 Å². The number of rotatable bonds is 5. The number of aromatic nitrogens is 1. The smallest absolute Gasteiger partial charge is 0.273 e. The Morgan fingerprint density at radius 2 is 2.50 bits per heavy atom. The zero-order chi connectivity index (χ0) is 13.8. The van der Waals surface area contributed by atoms with Crippen LogP contribution in [0.2, 0.25) is 0 Å². The highest BCUT2D eigenvalue weighted by molar-refractivity contribution is 7.09. The van der Waals surface area contributed by atoms with Crippen molar-refractivity contribution in [3.63, 3.8) is 0 Å². The fraction of sp³-hybridized carbons (Fsp3) is 0.429. The molecule has 6 heteroatoms. The standard InChI is InChI=1S/C14H16N2O2S2/c17-14(13-9-19-10-15-13)16(7-11-3-1-5-18-11)8-12-4-2-6-20-12/h2,4,6,9-11H,1,3,5,7-8H2. The summed E-state index contributed by atoms with van der Waals surface area (Å²) in [5.41, 5.74) is 2.23. The number of nitrogens with zero attached hydrogens (tertiary/aromatic N) is 2. The zero-order valence-corrected chi connectivity index (χ0v) is 12.7. The van der Waals surface area contributed by atoms with Crippen molar-refractivity contribution in [1.82, 2.24) is 9.88 Å². The van der Waals surface area contributed by atoms with E-state index in [-0.39, 0.29) is 12.0 Å². The van der Waals surface area contributed by atoms with E-state index in [2.05, 4.69) is 11.1 Å². The number of thiazole rings is 1. The number of hydrogen-bond donors (Lipinski definition) is 0. The van der Waals surface area contributed by atoms with Crippen molar-refractivity contribution in [3.8, 4) is 0 Å². The van der Waals surface area contributed by atoms with Crippen LogP contribution >= 0.6 is 22.7 Å². The average molecular weight is 308 g/mol. The molecule has 106 valence electrons. The van der Waals surface area contributed by atoms with Gasteiger partial charge < -0.3 is 9.64 Å². The predicted molar refractivity (Wildman–Crippen MR) is 80.1 cm³/mol. The molecule has 0 radical (unpaired) electrons. The largest absolute Gasteiger partial charge is 0.376 e. The molecule has 20 heavy (non-hydrogen) atoms. The fourth-order valence-corrected chi connectivity index (χ4v) is 3.57. The van der Waals surface area contributed by atoms with Crippen molar-refractivity contribution in [2.45, 2.75) is 25.5 Å². The second kappa shape index (κ2) is 6.47. The van der Waals surface area contributed by atoms with E-state index in [1.165, 1.54) is 16.2 Å². The lowest BCUT2D eigenvalue weighted by Gasteiger charge is -2.24. The molecule has 0 aromatic carbocycles. The van der Waals surface area contributed by atoms with E-state index in [0.717, 1.165) is 19.4 Å². The van der Waals surface area contributed by atoms with Crippen molar-refractivity contribution >= 4 is 28.6 Å². The van der Waals surface area contributed by atoms with E-state index in [1.807, 2.05) is 16.3 Å². The molecular weight excluding hydrogens is 292 g/mol. The first-order valence-electron chi connectivity index (χ1n) is 6.64. The van der Waals surface area contributed by atoms with Crippen LogP contribution in [0.15, 0.2) is 28.4 Å². The minimum atomic E-state index is -0.00449. The molecule has 0 spiro atoms. The van der Waals surface area contributed by atoms with Gasteiger partial charge in [-0.05, 0) is 24.3 Å². The number of amides is 1. The Morgan fingerprint density at radius 1 is 1.55 bits per heavy atom. The van der Waals surface area contributed by atoms with Gasteiger partial charge in [0.15, 0.2) is 0 Å². The zero-order valence-electron chi connectivity index (χ0n) is 11.0. The minimum absolute atomic E-state index is 0.00449. The summed E-state index contributed by atoms with van der Waals surface area (Å²) >= 11 is 3.12. The van der Waals surface area contributed by atoms with Crippen LogP contribution in [0.4, 0.5) is 0 Å². The van der Waals surface area contributed by atoms with Crippen molar-refractivity contribution in [2.75, 3.05) is 13.2 Å². The Labute approximate surface area is 126 Å². The van der Waals surface area contributed by atoms with Crippen LogP contribution in [0.25, 0.3) is 0 Å². The molecule has 0 N–H and O–H groups in total. The molecular formula is C14H16N2O2S2. The van der Waals surface area contributed by atoms with Crippen molar-refractivity contribution < 1.29 is 9.53 Å². The Hall–Kier alpha value is -1.24. The van der Waals surface area contributed by atoms with Gasteiger partial charge >= 0.3 is 0 Å². The number of thiophene rings is 1. The highest BCUT2D eigenvalue weighted by atomic mass is 32.1. The second-order valence-electron chi connectivity index (χ2n) is 4.77. The Bertz CT molecular complexity index is 534. The summed E-state index contributed by atoms with van der Waals surface area (Å²) in [5, 5.41) is 3.84. The van der Waals surface area contributed by atoms with Gasteiger partial charge in [-0.3, -0.25) is 4.79 Å². The summed E-state index contributed by atoms with van der Waals surface area (Å²) in [7, 11) is 0. The fourth-order valence-electron chi connectivity index (χ4n) is 2.32. The summed E-state index contributed by atoms with van der Waals surface area (Å²) in [6.45, 7) is 2.09. The number of carbonyl (C=O) groups excluding carboxylic acids is 1. The van der Waals surface area contributed by atoms with Crippen LogP contribution in [0.3, 0.4) is 0 Å². The number of carbonyl (C=O) groups is 1. The van der Waals surface area contributed by atoms with Crippen LogP contribution in [0, 0.1) is 0 Å². The molecule has 1 atom stereocenters. The lowest BCUT2D eigenvalue weighted by Crippen LogP contribution is -2.36. The summed E-state index contributed by atoms with van der Waals surface area (Å²) < 4.78 is 5.66. The molecule has 0 aliphatic carbocycles. The summed E-state index contributed by atoms with van der Waals surface area (Å²) in [5.74, 6) is -0.00449. The van der Waals surface area contributed by atoms with Gasteiger partial charge in [-0.2, -0.15) is 0 Å². The van der Waals surface area contributed by atoms with Crippen LogP contribution in [0.1, 0.15) is 28.2 Å². The van der Waals surface area contributed by atoms with Crippen LogP contribution < -0.4 is 0 Å². The molecule has 3 rings (SSSR count). The third-order valence-electron chi connectivity index (χ3n) is 3.31. The van der Waals surface area contributed by atoms with Gasteiger partial charge in [0.05, 0.1) is 18.2 Å². The van der Waals surface area contributed by atoms with Crippen LogP contribution in [-0.2, 0) is 11.3 Å². The van der Waals surface area contributed by atoms with Gasteiger partial charge in [-0.25, -0.2) is 4.98 Å². The monoisotopic (exact) mass is 308 g/mol. The molecule has 0 bridgehead atoms. The van der Waals surface area contributed by atoms with Gasteiger partial charge in [0.1, 0.15) is 5.69 Å². The van der Waals surface area contributed by atoms with E-state index in [1.54, 1.807) is 22.2 Å². The average Bonchev–Trinajstić information content (AvgIpc) is 3.20. The van der Waals surface area contributed by atoms with Gasteiger partial charge in [-0.15, -0.1) is 22.7 Å². The van der Waals surface area contributed by atoms with Gasteiger partial charge in [0.25, 0.3) is 5.91 Å². The normalized spacial score (nSPS) is 18.3. The first kappa shape index (κ1) is 13.7. The number of hydrogen-bond acceptors (Lipinski definition) is 5. The van der Waals surface area contributed by atoms with Gasteiger partial charge in [0, 0.05) is 23.4 Å². The molecule has 1 fully saturated rings. The summed E-state index contributed by atoms with van der Waals surface area (Å²) in [4.78, 5) is 19.7. The molecule has 3 heterocycles. The van der Waals surface area contributed by atoms with Crippen molar-refractivity contribution in [2.24, 2.45) is 0 Å². The molecule has 4 nitrogen and oxygen atoms in total. The highest BCUT2D eigenvalue weighted by Crippen LogP contribution is 2.19. The SMILES string of the molecule is O=C(c1cscn1)N(Cc1cccs1)CC1CCCO1. The maximum atomic E-state index is 12.5. The highest BCUT2D eigenvalue weighted by Gasteiger charge is 2.24. The predicted octanol–water partition coefficient (Wildman–Crippen LogP) is 3.03. The molecule has 0 saturated carbocycles. The van der Waals surface area contributed by atoms with Crippen molar-refractivity contribution in [1.29, 1.82) is 0 Å². The van der Waals surface area contributed by atoms with E-state index >= 15 is 0 Å². The quantitative estimate of drug-likeness (QED) is 0.852. The second-order valence-corrected chi connectivity index (χ2v) is 6.52. The molecule has 2 aromatic heterocycles. The van der Waals surface area contributed by atoms with Crippen LogP contribution in [0.5, 0.6) is 0 Å². The third-order valence-corrected chi connectivity index (χ3v) is 4.76. The maximum Gasteiger partial charge on any atom is 0.273 e. The maximum absolute atomic E-state index is 12.5. The van der Waals surface area contributed by atoms with Gasteiger partial charge in [0.2, 0.25) is 0 Å². The summed E-state index contributed by atoms with van der Waals surface area (Å²) in [6, 6.07) is 4.07. The molecule has 1 unspecified atom stereocenters. The minimum Gasteiger partial charge on any atom is -0.376 e. The molecule has 1 aliphatic rings. The Balaban J connectivity index is 1.73. The molecule has 2 aromatic rings. The van der Waals surface area contributed by atoms with Gasteiger partial charge in [-0.1, -0.05) is 6.07 Å².